The zero-order chi connectivity index (χ0) is 41.4. The van der Waals surface area contributed by atoms with Crippen molar-refractivity contribution in [2.75, 3.05) is 79.3 Å². The van der Waals surface area contributed by atoms with Gasteiger partial charge in [-0.15, -0.1) is 0 Å². The van der Waals surface area contributed by atoms with Crippen molar-refractivity contribution in [1.82, 2.24) is 36.2 Å². The molecule has 6 unspecified atom stereocenters. The van der Waals surface area contributed by atoms with Gasteiger partial charge in [0.2, 0.25) is 17.7 Å². The molecule has 7 atom stereocenters. The van der Waals surface area contributed by atoms with Gasteiger partial charge in [-0.25, -0.2) is 4.39 Å². The van der Waals surface area contributed by atoms with Crippen molar-refractivity contribution < 1.29 is 23.9 Å². The van der Waals surface area contributed by atoms with Gasteiger partial charge in [0.15, 0.2) is 0 Å². The van der Waals surface area contributed by atoms with Crippen molar-refractivity contribution in [2.45, 2.75) is 101 Å². The standard InChI is InChI=1S/C44H62FN11O4/c1-44(60)18-3-2-4-19-55-42(59)33-27-46-43(51-40(33)56(55)38-7-5-6-37(44)49-38)48-30-8-11-32(12-9-30)53-24-22-52(23-25-53)28-29-16-20-54(21-17-29)36-14-10-31(26-34(36)45)47-35-13-15-39(57)50-41(35)58/h2,4,8-12,14,26,29,33,35,37-38,40,43,46-49,51,60H,3,5-7,13,15-25,27-28H2,1H3,(H,50,57,58)/b4-2-/t33?,35?,37?,38?,40?,43?,44-/m0/s1. The Hall–Kier alpha value is -4.32. The number of halogens is 1. The van der Waals surface area contributed by atoms with Crippen LogP contribution < -0.4 is 41.7 Å². The maximum atomic E-state index is 15.2. The first-order chi connectivity index (χ1) is 29.1. The molecule has 9 rings (SSSR count). The van der Waals surface area contributed by atoms with E-state index in [0.717, 1.165) is 90.0 Å². The molecule has 0 radical (unpaired) electrons. The molecule has 16 heteroatoms. The lowest BCUT2D eigenvalue weighted by molar-refractivity contribution is -0.146. The molecule has 7 aliphatic rings. The molecule has 0 aromatic heterocycles. The number of hydrogen-bond acceptors (Lipinski definition) is 13. The van der Waals surface area contributed by atoms with Crippen LogP contribution in [0.4, 0.5) is 27.1 Å². The number of imide groups is 1. The monoisotopic (exact) mass is 827 g/mol. The number of hydrogen-bond donors (Lipinski definition) is 7. The molecule has 324 valence electrons. The van der Waals surface area contributed by atoms with E-state index in [1.165, 1.54) is 11.8 Å². The smallest absolute Gasteiger partial charge is 0.249 e. The van der Waals surface area contributed by atoms with Crippen LogP contribution in [0.1, 0.15) is 64.7 Å². The first kappa shape index (κ1) is 41.1. The molecule has 6 saturated heterocycles. The van der Waals surface area contributed by atoms with Crippen molar-refractivity contribution in [1.29, 1.82) is 0 Å². The highest BCUT2D eigenvalue weighted by Gasteiger charge is 2.52. The molecule has 60 heavy (non-hydrogen) atoms. The molecular formula is C44H62FN11O4. The molecule has 6 fully saturated rings. The predicted molar refractivity (Wildman–Crippen MR) is 229 cm³/mol. The number of rotatable bonds is 8. The minimum Gasteiger partial charge on any atom is -0.389 e. The Balaban J connectivity index is 0.731. The Bertz CT molecular complexity index is 1900. The molecule has 0 spiro atoms. The summed E-state index contributed by atoms with van der Waals surface area (Å²) in [7, 11) is 0. The van der Waals surface area contributed by atoms with Crippen molar-refractivity contribution in [2.24, 2.45) is 11.8 Å². The third-order valence-corrected chi connectivity index (χ3v) is 14.0. The summed E-state index contributed by atoms with van der Waals surface area (Å²) < 4.78 is 15.2. The fraction of sp³-hybridized carbons (Fsp3) is 0.614. The van der Waals surface area contributed by atoms with E-state index in [2.05, 4.69) is 88.0 Å². The van der Waals surface area contributed by atoms with Crippen LogP contribution in [-0.4, -0.2) is 133 Å². The Kier molecular flexibility index (Phi) is 12.0. The van der Waals surface area contributed by atoms with E-state index in [1.807, 2.05) is 18.0 Å². The number of aliphatic hydroxyl groups is 1. The maximum absolute atomic E-state index is 15.2. The lowest BCUT2D eigenvalue weighted by Crippen LogP contribution is -2.69. The number of piperidine rings is 3. The minimum absolute atomic E-state index is 0.0233. The normalized spacial score (nSPS) is 32.8. The van der Waals surface area contributed by atoms with Gasteiger partial charge in [-0.2, -0.15) is 5.01 Å². The number of anilines is 4. The largest absolute Gasteiger partial charge is 0.389 e. The molecule has 0 saturated carbocycles. The van der Waals surface area contributed by atoms with Crippen LogP contribution in [0.15, 0.2) is 54.6 Å². The highest BCUT2D eigenvalue weighted by Crippen LogP contribution is 2.35. The minimum atomic E-state index is -0.811. The van der Waals surface area contributed by atoms with E-state index < -0.39 is 11.6 Å². The number of carbonyl (C=O) groups excluding carboxylic acids is 3. The molecule has 7 N–H and O–H groups in total. The van der Waals surface area contributed by atoms with Crippen LogP contribution in [0.25, 0.3) is 0 Å². The molecule has 7 aliphatic heterocycles. The van der Waals surface area contributed by atoms with Gasteiger partial charge in [0, 0.05) is 81.9 Å². The topological polar surface area (TPSA) is 160 Å². The van der Waals surface area contributed by atoms with Crippen molar-refractivity contribution in [3.05, 3.63) is 60.4 Å². The van der Waals surface area contributed by atoms with Crippen LogP contribution in [0.5, 0.6) is 0 Å². The summed E-state index contributed by atoms with van der Waals surface area (Å²) in [5.74, 6) is -0.441. The Morgan fingerprint density at radius 1 is 0.867 bits per heavy atom. The number of allylic oxidation sites excluding steroid dienone is 1. The van der Waals surface area contributed by atoms with E-state index >= 15 is 4.39 Å². The fourth-order valence-corrected chi connectivity index (χ4v) is 10.5. The van der Waals surface area contributed by atoms with Crippen LogP contribution in [0, 0.1) is 17.7 Å². The Labute approximate surface area is 352 Å². The molecule has 3 amide bonds. The number of piperazine rings is 1. The van der Waals surface area contributed by atoms with Gasteiger partial charge in [0.1, 0.15) is 18.1 Å². The van der Waals surface area contributed by atoms with Gasteiger partial charge in [0.05, 0.1) is 36.1 Å². The SMILES string of the molecule is C[C@]1(O)CC/C=C\CN2C(=O)C3CNC(Nc4ccc(N5CCN(CC6CCN(c7ccc(NC8CCC(=O)NC8=O)cc7F)CC6)CC5)cc4)NC3N2C2CCCC1N2. The molecule has 2 bridgehead atoms. The van der Waals surface area contributed by atoms with E-state index in [1.54, 1.807) is 6.07 Å². The Morgan fingerprint density at radius 3 is 2.42 bits per heavy atom. The quantitative estimate of drug-likeness (QED) is 0.154. The Morgan fingerprint density at radius 2 is 1.65 bits per heavy atom. The molecule has 0 aliphatic carbocycles. The number of amides is 3. The van der Waals surface area contributed by atoms with E-state index in [-0.39, 0.29) is 60.5 Å². The second-order valence-corrected chi connectivity index (χ2v) is 18.1. The summed E-state index contributed by atoms with van der Waals surface area (Å²) in [6.45, 7) is 9.65. The van der Waals surface area contributed by atoms with Crippen LogP contribution in [0.3, 0.4) is 0 Å². The average molecular weight is 828 g/mol. The van der Waals surface area contributed by atoms with Gasteiger partial charge in [-0.05, 0) is 107 Å². The summed E-state index contributed by atoms with van der Waals surface area (Å²) in [5.41, 5.74) is 2.53. The summed E-state index contributed by atoms with van der Waals surface area (Å²) in [6, 6.07) is 13.1. The van der Waals surface area contributed by atoms with Gasteiger partial charge in [-0.1, -0.05) is 12.2 Å². The summed E-state index contributed by atoms with van der Waals surface area (Å²) >= 11 is 0. The van der Waals surface area contributed by atoms with E-state index in [0.29, 0.717) is 43.2 Å². The lowest BCUT2D eigenvalue weighted by Gasteiger charge is -2.47. The summed E-state index contributed by atoms with van der Waals surface area (Å²) in [6.07, 6.45) is 10.8. The number of nitrogens with zero attached hydrogens (tertiary/aromatic N) is 5. The third kappa shape index (κ3) is 8.86. The summed E-state index contributed by atoms with van der Waals surface area (Å²) in [5, 5.41) is 35.5. The maximum Gasteiger partial charge on any atom is 0.249 e. The third-order valence-electron chi connectivity index (χ3n) is 14.0. The second kappa shape index (κ2) is 17.6. The van der Waals surface area contributed by atoms with Gasteiger partial charge >= 0.3 is 0 Å². The highest BCUT2D eigenvalue weighted by molar-refractivity contribution is 6.01. The van der Waals surface area contributed by atoms with Crippen LogP contribution >= 0.6 is 0 Å². The van der Waals surface area contributed by atoms with Crippen molar-refractivity contribution >= 4 is 40.5 Å². The van der Waals surface area contributed by atoms with E-state index in [9.17, 15) is 19.5 Å². The zero-order valence-corrected chi connectivity index (χ0v) is 34.8. The molecule has 2 aromatic rings. The predicted octanol–water partition coefficient (Wildman–Crippen LogP) is 2.54. The van der Waals surface area contributed by atoms with Crippen molar-refractivity contribution in [3.8, 4) is 0 Å². The van der Waals surface area contributed by atoms with Gasteiger partial charge in [-0.3, -0.25) is 45.6 Å². The average Bonchev–Trinajstić information content (AvgIpc) is 3.52. The fourth-order valence-electron chi connectivity index (χ4n) is 10.5. The first-order valence-corrected chi connectivity index (χ1v) is 22.3. The molecular weight excluding hydrogens is 766 g/mol. The van der Waals surface area contributed by atoms with Crippen molar-refractivity contribution in [3.63, 3.8) is 0 Å². The number of benzene rings is 2. The summed E-state index contributed by atoms with van der Waals surface area (Å²) in [4.78, 5) is 44.5. The zero-order valence-electron chi connectivity index (χ0n) is 34.8. The van der Waals surface area contributed by atoms with Crippen LogP contribution in [-0.2, 0) is 14.4 Å². The van der Waals surface area contributed by atoms with Crippen LogP contribution in [0.2, 0.25) is 0 Å². The molecule has 15 nitrogen and oxygen atoms in total. The van der Waals surface area contributed by atoms with Gasteiger partial charge in [0.25, 0.3) is 0 Å². The number of nitrogens with one attached hydrogen (secondary N) is 6. The van der Waals surface area contributed by atoms with Gasteiger partial charge < -0.3 is 25.5 Å². The molecule has 2 aromatic carbocycles. The number of hydrazine groups is 1. The second-order valence-electron chi connectivity index (χ2n) is 18.1. The highest BCUT2D eigenvalue weighted by atomic mass is 19.1. The molecule has 7 heterocycles. The number of carbonyl (C=O) groups is 3. The number of fused-ring (bicyclic) bond motifs is 6. The lowest BCUT2D eigenvalue weighted by atomic mass is 9.85. The van der Waals surface area contributed by atoms with E-state index in [4.69, 9.17) is 0 Å². The first-order valence-electron chi connectivity index (χ1n) is 22.3.